The van der Waals surface area contributed by atoms with Crippen LogP contribution >= 0.6 is 0 Å². The first-order chi connectivity index (χ1) is 9.16. The molecule has 1 aliphatic heterocycles. The maximum absolute atomic E-state index is 11.9. The molecular formula is C14H18N2O3. The van der Waals surface area contributed by atoms with Gasteiger partial charge in [-0.3, -0.25) is 9.59 Å². The number of nitrogens with one attached hydrogen (secondary N) is 2. The fraction of sp³-hybridized carbons (Fsp3) is 0.429. The summed E-state index contributed by atoms with van der Waals surface area (Å²) in [5, 5.41) is 5.41. The van der Waals surface area contributed by atoms with Crippen LogP contribution < -0.4 is 10.6 Å². The predicted molar refractivity (Wildman–Crippen MR) is 71.7 cm³/mol. The minimum Gasteiger partial charge on any atom is -0.368 e. The molecule has 19 heavy (non-hydrogen) atoms. The van der Waals surface area contributed by atoms with E-state index in [0.29, 0.717) is 12.3 Å². The van der Waals surface area contributed by atoms with E-state index in [1.807, 2.05) is 18.2 Å². The van der Waals surface area contributed by atoms with Crippen molar-refractivity contribution in [3.8, 4) is 0 Å². The van der Waals surface area contributed by atoms with Crippen LogP contribution in [0.3, 0.4) is 0 Å². The summed E-state index contributed by atoms with van der Waals surface area (Å²) in [6.07, 6.45) is 1.20. The lowest BCUT2D eigenvalue weighted by atomic mass is 10.2. The zero-order valence-corrected chi connectivity index (χ0v) is 10.9. The molecule has 2 rings (SSSR count). The Balaban J connectivity index is 1.83. The number of hydrogen-bond donors (Lipinski definition) is 2. The summed E-state index contributed by atoms with van der Waals surface area (Å²) in [5.74, 6) is -0.453. The van der Waals surface area contributed by atoms with Gasteiger partial charge in [-0.15, -0.1) is 0 Å². The Labute approximate surface area is 112 Å². The molecule has 2 atom stereocenters. The van der Waals surface area contributed by atoms with Crippen molar-refractivity contribution in [1.29, 1.82) is 0 Å². The predicted octanol–water partition coefficient (Wildman–Crippen LogP) is 1.31. The van der Waals surface area contributed by atoms with Crippen LogP contribution in [0.4, 0.5) is 5.69 Å². The fourth-order valence-electron chi connectivity index (χ4n) is 1.93. The molecule has 2 N–H and O–H groups in total. The molecule has 1 aromatic rings. The topological polar surface area (TPSA) is 67.4 Å². The third kappa shape index (κ3) is 3.79. The molecule has 2 amide bonds. The van der Waals surface area contributed by atoms with Crippen LogP contribution in [-0.4, -0.2) is 30.6 Å². The molecule has 0 radical (unpaired) electrons. The van der Waals surface area contributed by atoms with Gasteiger partial charge in [-0.2, -0.15) is 0 Å². The second-order valence-corrected chi connectivity index (χ2v) is 4.59. The van der Waals surface area contributed by atoms with E-state index in [2.05, 4.69) is 10.6 Å². The van der Waals surface area contributed by atoms with Crippen LogP contribution in [0.15, 0.2) is 30.3 Å². The van der Waals surface area contributed by atoms with Gasteiger partial charge in [0.2, 0.25) is 11.8 Å². The van der Waals surface area contributed by atoms with Gasteiger partial charge in [0.25, 0.3) is 0 Å². The molecule has 1 aromatic carbocycles. The second-order valence-electron chi connectivity index (χ2n) is 4.59. The molecule has 2 unspecified atom stereocenters. The highest BCUT2D eigenvalue weighted by atomic mass is 16.5. The van der Waals surface area contributed by atoms with Crippen molar-refractivity contribution in [3.05, 3.63) is 30.3 Å². The van der Waals surface area contributed by atoms with Crippen LogP contribution in [0.2, 0.25) is 0 Å². The summed E-state index contributed by atoms with van der Waals surface area (Å²) in [7, 11) is 0. The van der Waals surface area contributed by atoms with Gasteiger partial charge < -0.3 is 15.4 Å². The monoisotopic (exact) mass is 262 g/mol. The molecule has 1 aliphatic rings. The number of amides is 2. The Hall–Kier alpha value is -1.88. The summed E-state index contributed by atoms with van der Waals surface area (Å²) in [6, 6.07) is 8.56. The first kappa shape index (κ1) is 13.5. The zero-order chi connectivity index (χ0) is 13.7. The van der Waals surface area contributed by atoms with E-state index in [9.17, 15) is 9.59 Å². The largest absolute Gasteiger partial charge is 0.368 e. The average Bonchev–Trinajstić information content (AvgIpc) is 2.93. The first-order valence-corrected chi connectivity index (χ1v) is 6.44. The lowest BCUT2D eigenvalue weighted by molar-refractivity contribution is -0.133. The molecule has 5 heteroatoms. The average molecular weight is 262 g/mol. The van der Waals surface area contributed by atoms with Crippen molar-refractivity contribution >= 4 is 17.5 Å². The number of anilines is 1. The maximum Gasteiger partial charge on any atom is 0.249 e. The molecule has 1 fully saturated rings. The Morgan fingerprint density at radius 3 is 2.68 bits per heavy atom. The minimum atomic E-state index is -0.586. The van der Waals surface area contributed by atoms with E-state index in [-0.39, 0.29) is 11.8 Å². The molecule has 0 spiro atoms. The molecule has 0 saturated carbocycles. The van der Waals surface area contributed by atoms with E-state index in [1.165, 1.54) is 0 Å². The van der Waals surface area contributed by atoms with Gasteiger partial charge in [0.15, 0.2) is 0 Å². The SMILES string of the molecule is CC(NC(=O)C1CCCO1)C(=O)Nc1ccccc1. The lowest BCUT2D eigenvalue weighted by Crippen LogP contribution is -2.45. The van der Waals surface area contributed by atoms with E-state index in [4.69, 9.17) is 4.74 Å². The summed E-state index contributed by atoms with van der Waals surface area (Å²) < 4.78 is 5.27. The van der Waals surface area contributed by atoms with Crippen molar-refractivity contribution in [2.24, 2.45) is 0 Å². The zero-order valence-electron chi connectivity index (χ0n) is 10.9. The van der Waals surface area contributed by atoms with Crippen molar-refractivity contribution < 1.29 is 14.3 Å². The molecule has 5 nitrogen and oxygen atoms in total. The highest BCUT2D eigenvalue weighted by Gasteiger charge is 2.26. The summed E-state index contributed by atoms with van der Waals surface area (Å²) in [5.41, 5.74) is 0.714. The molecule has 1 saturated heterocycles. The number of carbonyl (C=O) groups is 2. The van der Waals surface area contributed by atoms with Crippen molar-refractivity contribution in [1.82, 2.24) is 5.32 Å². The number of para-hydroxylation sites is 1. The van der Waals surface area contributed by atoms with Crippen molar-refractivity contribution in [2.45, 2.75) is 31.9 Å². The van der Waals surface area contributed by atoms with Crippen LogP contribution in [-0.2, 0) is 14.3 Å². The molecule has 1 heterocycles. The Morgan fingerprint density at radius 1 is 1.32 bits per heavy atom. The molecule has 102 valence electrons. The second kappa shape index (κ2) is 6.33. The summed E-state index contributed by atoms with van der Waals surface area (Å²) in [4.78, 5) is 23.7. The van der Waals surface area contributed by atoms with Gasteiger partial charge in [0, 0.05) is 12.3 Å². The third-order valence-corrected chi connectivity index (χ3v) is 3.02. The smallest absolute Gasteiger partial charge is 0.249 e. The third-order valence-electron chi connectivity index (χ3n) is 3.02. The number of benzene rings is 1. The summed E-state index contributed by atoms with van der Waals surface area (Å²) >= 11 is 0. The van der Waals surface area contributed by atoms with Crippen LogP contribution in [0.1, 0.15) is 19.8 Å². The normalized spacial score (nSPS) is 19.7. The molecule has 0 aromatic heterocycles. The van der Waals surface area contributed by atoms with Crippen LogP contribution in [0.5, 0.6) is 0 Å². The van der Waals surface area contributed by atoms with Crippen molar-refractivity contribution in [3.63, 3.8) is 0 Å². The number of hydrogen-bond acceptors (Lipinski definition) is 3. The Morgan fingerprint density at radius 2 is 2.05 bits per heavy atom. The van der Waals surface area contributed by atoms with E-state index in [1.54, 1.807) is 19.1 Å². The molecule has 0 bridgehead atoms. The van der Waals surface area contributed by atoms with Gasteiger partial charge in [-0.05, 0) is 31.9 Å². The number of carbonyl (C=O) groups excluding carboxylic acids is 2. The number of ether oxygens (including phenoxy) is 1. The standard InChI is InChI=1S/C14H18N2O3/c1-10(15-14(18)12-8-5-9-19-12)13(17)16-11-6-3-2-4-7-11/h2-4,6-7,10,12H,5,8-9H2,1H3,(H,15,18)(H,16,17). The highest BCUT2D eigenvalue weighted by Crippen LogP contribution is 2.12. The van der Waals surface area contributed by atoms with E-state index >= 15 is 0 Å². The summed E-state index contributed by atoms with van der Waals surface area (Å²) in [6.45, 7) is 2.27. The Kier molecular flexibility index (Phi) is 4.52. The van der Waals surface area contributed by atoms with Gasteiger partial charge in [0.1, 0.15) is 12.1 Å². The molecular weight excluding hydrogens is 244 g/mol. The van der Waals surface area contributed by atoms with E-state index < -0.39 is 12.1 Å². The van der Waals surface area contributed by atoms with E-state index in [0.717, 1.165) is 12.8 Å². The highest BCUT2D eigenvalue weighted by molar-refractivity contribution is 5.97. The van der Waals surface area contributed by atoms with Crippen molar-refractivity contribution in [2.75, 3.05) is 11.9 Å². The minimum absolute atomic E-state index is 0.215. The van der Waals surface area contributed by atoms with Gasteiger partial charge >= 0.3 is 0 Å². The van der Waals surface area contributed by atoms with Gasteiger partial charge in [0.05, 0.1) is 0 Å². The fourth-order valence-corrected chi connectivity index (χ4v) is 1.93. The van der Waals surface area contributed by atoms with Crippen LogP contribution in [0, 0.1) is 0 Å². The first-order valence-electron chi connectivity index (χ1n) is 6.44. The van der Waals surface area contributed by atoms with Gasteiger partial charge in [-0.1, -0.05) is 18.2 Å². The Bertz CT molecular complexity index is 441. The van der Waals surface area contributed by atoms with Gasteiger partial charge in [-0.25, -0.2) is 0 Å². The quantitative estimate of drug-likeness (QED) is 0.859. The molecule has 0 aliphatic carbocycles. The number of rotatable bonds is 4. The van der Waals surface area contributed by atoms with Crippen LogP contribution in [0.25, 0.3) is 0 Å². The maximum atomic E-state index is 11.9. The lowest BCUT2D eigenvalue weighted by Gasteiger charge is -2.16.